The molecule has 1 saturated heterocycles. The first-order chi connectivity index (χ1) is 12.2. The Balaban J connectivity index is 1.97. The number of carbonyl (C=O) groups is 1. The fourth-order valence-corrected chi connectivity index (χ4v) is 6.13. The number of sulfone groups is 1. The van der Waals surface area contributed by atoms with Crippen molar-refractivity contribution in [3.8, 4) is 5.75 Å². The van der Waals surface area contributed by atoms with Crippen LogP contribution in [-0.4, -0.2) is 74.9 Å². The molecule has 1 amide bonds. The van der Waals surface area contributed by atoms with Crippen molar-refractivity contribution < 1.29 is 17.9 Å². The predicted molar refractivity (Wildman–Crippen MR) is 105 cm³/mol. The average Bonchev–Trinajstić information content (AvgIpc) is 3.03. The number of ether oxygens (including phenoxy) is 1. The molecule has 0 radical (unpaired) electrons. The van der Waals surface area contributed by atoms with Gasteiger partial charge in [-0.1, -0.05) is 23.4 Å². The molecule has 2 aliphatic heterocycles. The Morgan fingerprint density at radius 3 is 2.81 bits per heavy atom. The van der Waals surface area contributed by atoms with Crippen LogP contribution in [0, 0.1) is 0 Å². The minimum atomic E-state index is -3.15. The normalized spacial score (nSPS) is 23.5. The molecule has 0 spiro atoms. The van der Waals surface area contributed by atoms with E-state index in [4.69, 9.17) is 16.3 Å². The molecule has 2 heterocycles. The van der Waals surface area contributed by atoms with E-state index in [2.05, 4.69) is 4.99 Å². The van der Waals surface area contributed by atoms with Crippen LogP contribution in [0.2, 0.25) is 5.02 Å². The summed E-state index contributed by atoms with van der Waals surface area (Å²) in [5.74, 6) is 0.787. The number of thioether (sulfide) groups is 1. The quantitative estimate of drug-likeness (QED) is 0.738. The molecule has 0 bridgehead atoms. The van der Waals surface area contributed by atoms with E-state index in [0.29, 0.717) is 21.6 Å². The number of rotatable bonds is 4. The Kier molecular flexibility index (Phi) is 5.41. The first kappa shape index (κ1) is 19.3. The van der Waals surface area contributed by atoms with E-state index in [9.17, 15) is 13.2 Å². The van der Waals surface area contributed by atoms with Crippen LogP contribution in [0.15, 0.2) is 23.2 Å². The summed E-state index contributed by atoms with van der Waals surface area (Å²) in [6.07, 6.45) is 0. The maximum Gasteiger partial charge on any atom is 0.232 e. The van der Waals surface area contributed by atoms with Crippen molar-refractivity contribution in [2.75, 3.05) is 43.4 Å². The molecule has 7 nitrogen and oxygen atoms in total. The largest absolute Gasteiger partial charge is 0.495 e. The number of hydrogen-bond donors (Lipinski definition) is 0. The van der Waals surface area contributed by atoms with Crippen LogP contribution in [0.3, 0.4) is 0 Å². The summed E-state index contributed by atoms with van der Waals surface area (Å²) >= 11 is 7.46. The van der Waals surface area contributed by atoms with Crippen molar-refractivity contribution in [3.63, 3.8) is 0 Å². The van der Waals surface area contributed by atoms with E-state index in [1.807, 2.05) is 4.90 Å². The second kappa shape index (κ2) is 7.28. The highest BCUT2D eigenvalue weighted by atomic mass is 35.5. The number of halogens is 1. The molecule has 142 valence electrons. The fourth-order valence-electron chi connectivity index (χ4n) is 3.02. The van der Waals surface area contributed by atoms with Crippen LogP contribution in [0.5, 0.6) is 5.75 Å². The van der Waals surface area contributed by atoms with Crippen molar-refractivity contribution in [3.05, 3.63) is 23.2 Å². The van der Waals surface area contributed by atoms with Crippen molar-refractivity contribution in [1.29, 1.82) is 0 Å². The maximum absolute atomic E-state index is 12.1. The zero-order chi connectivity index (χ0) is 19.1. The number of carbonyl (C=O) groups excluding carboxylic acids is 1. The predicted octanol–water partition coefficient (Wildman–Crippen LogP) is 1.51. The Hall–Kier alpha value is -1.45. The smallest absolute Gasteiger partial charge is 0.232 e. The molecule has 3 rings (SSSR count). The summed E-state index contributed by atoms with van der Waals surface area (Å²) in [4.78, 5) is 19.9. The number of fused-ring (bicyclic) bond motifs is 1. The Labute approximate surface area is 162 Å². The summed E-state index contributed by atoms with van der Waals surface area (Å²) in [6, 6.07) is 4.52. The van der Waals surface area contributed by atoms with E-state index in [1.165, 1.54) is 16.7 Å². The topological polar surface area (TPSA) is 79.3 Å². The van der Waals surface area contributed by atoms with Crippen LogP contribution >= 0.6 is 23.4 Å². The summed E-state index contributed by atoms with van der Waals surface area (Å²) in [6.45, 7) is 0. The van der Waals surface area contributed by atoms with E-state index < -0.39 is 9.84 Å². The number of amidine groups is 1. The lowest BCUT2D eigenvalue weighted by atomic mass is 10.1. The van der Waals surface area contributed by atoms with Gasteiger partial charge in [0.2, 0.25) is 5.91 Å². The van der Waals surface area contributed by atoms with Crippen LogP contribution < -0.4 is 9.64 Å². The van der Waals surface area contributed by atoms with Crippen LogP contribution in [0.25, 0.3) is 0 Å². The SMILES string of the molecule is COc1ccc(Cl)cc1N1C(SCC(=O)N(C)C)=N[C@@H]2CS(=O)(=O)C[C@H]21. The van der Waals surface area contributed by atoms with Gasteiger partial charge in [0.25, 0.3) is 0 Å². The zero-order valence-electron chi connectivity index (χ0n) is 14.7. The highest BCUT2D eigenvalue weighted by Gasteiger charge is 2.47. The van der Waals surface area contributed by atoms with Crippen molar-refractivity contribution in [1.82, 2.24) is 4.90 Å². The third-order valence-electron chi connectivity index (χ3n) is 4.33. The Bertz CT molecular complexity index is 857. The van der Waals surface area contributed by atoms with Gasteiger partial charge in [-0.05, 0) is 18.2 Å². The highest BCUT2D eigenvalue weighted by molar-refractivity contribution is 8.14. The van der Waals surface area contributed by atoms with Gasteiger partial charge in [-0.2, -0.15) is 0 Å². The molecule has 26 heavy (non-hydrogen) atoms. The Morgan fingerprint density at radius 2 is 2.15 bits per heavy atom. The summed E-state index contributed by atoms with van der Waals surface area (Å²) in [7, 11) is 1.78. The molecule has 0 N–H and O–H groups in total. The molecular weight excluding hydrogens is 398 g/mol. The average molecular weight is 418 g/mol. The second-order valence-corrected chi connectivity index (χ2v) is 9.92. The number of anilines is 1. The van der Waals surface area contributed by atoms with Crippen LogP contribution in [0.1, 0.15) is 0 Å². The molecule has 0 unspecified atom stereocenters. The molecule has 1 aromatic rings. The first-order valence-corrected chi connectivity index (χ1v) is 11.1. The van der Waals surface area contributed by atoms with Gasteiger partial charge in [0.15, 0.2) is 15.0 Å². The van der Waals surface area contributed by atoms with Gasteiger partial charge in [0.05, 0.1) is 42.1 Å². The van der Waals surface area contributed by atoms with Crippen molar-refractivity contribution in [2.24, 2.45) is 4.99 Å². The van der Waals surface area contributed by atoms with E-state index in [1.54, 1.807) is 39.4 Å². The molecule has 1 aromatic carbocycles. The molecule has 0 saturated carbocycles. The minimum Gasteiger partial charge on any atom is -0.495 e. The van der Waals surface area contributed by atoms with Crippen molar-refractivity contribution >= 4 is 50.0 Å². The monoisotopic (exact) mass is 417 g/mol. The molecule has 10 heteroatoms. The second-order valence-electron chi connectivity index (χ2n) is 6.39. The van der Waals surface area contributed by atoms with Gasteiger partial charge in [0, 0.05) is 19.1 Å². The number of hydrogen-bond acceptors (Lipinski definition) is 7. The van der Waals surface area contributed by atoms with Gasteiger partial charge in [0.1, 0.15) is 5.75 Å². The van der Waals surface area contributed by atoms with Gasteiger partial charge in [-0.15, -0.1) is 0 Å². The Morgan fingerprint density at radius 1 is 1.42 bits per heavy atom. The third-order valence-corrected chi connectivity index (χ3v) is 7.22. The molecule has 0 aliphatic carbocycles. The summed E-state index contributed by atoms with van der Waals surface area (Å²) in [5.41, 5.74) is 0.660. The fraction of sp³-hybridized carbons (Fsp3) is 0.500. The van der Waals surface area contributed by atoms with E-state index >= 15 is 0 Å². The van der Waals surface area contributed by atoms with Gasteiger partial charge >= 0.3 is 0 Å². The number of aliphatic imine (C=N–C) groups is 1. The molecule has 0 aromatic heterocycles. The molecule has 2 aliphatic rings. The number of methoxy groups -OCH3 is 1. The highest BCUT2D eigenvalue weighted by Crippen LogP contribution is 2.40. The number of benzene rings is 1. The van der Waals surface area contributed by atoms with E-state index in [0.717, 1.165) is 0 Å². The summed E-state index contributed by atoms with van der Waals surface area (Å²) in [5, 5.41) is 1.13. The summed E-state index contributed by atoms with van der Waals surface area (Å²) < 4.78 is 29.6. The lowest BCUT2D eigenvalue weighted by molar-refractivity contribution is -0.125. The minimum absolute atomic E-state index is 0.0164. The number of nitrogens with zero attached hydrogens (tertiary/aromatic N) is 3. The maximum atomic E-state index is 12.1. The standard InChI is InChI=1S/C16H20ClN3O4S2/c1-19(2)15(21)7-25-16-18-11-8-26(22,23)9-13(11)20(16)12-6-10(17)4-5-14(12)24-3/h4-6,11,13H,7-9H2,1-3H3/t11-,13-/m1/s1. The number of amides is 1. The van der Waals surface area contributed by atoms with Gasteiger partial charge in [-0.3, -0.25) is 9.79 Å². The molecule has 2 atom stereocenters. The lowest BCUT2D eigenvalue weighted by Crippen LogP contribution is -2.39. The van der Waals surface area contributed by atoms with Crippen molar-refractivity contribution in [2.45, 2.75) is 12.1 Å². The first-order valence-electron chi connectivity index (χ1n) is 7.96. The van der Waals surface area contributed by atoms with Gasteiger partial charge in [-0.25, -0.2) is 8.42 Å². The third kappa shape index (κ3) is 3.79. The van der Waals surface area contributed by atoms with Crippen LogP contribution in [0.4, 0.5) is 5.69 Å². The van der Waals surface area contributed by atoms with Gasteiger partial charge < -0.3 is 14.5 Å². The molecule has 1 fully saturated rings. The van der Waals surface area contributed by atoms with E-state index in [-0.39, 0.29) is 35.2 Å². The zero-order valence-corrected chi connectivity index (χ0v) is 17.1. The lowest BCUT2D eigenvalue weighted by Gasteiger charge is -2.28. The van der Waals surface area contributed by atoms with Crippen LogP contribution in [-0.2, 0) is 14.6 Å². The molecular formula is C16H20ClN3O4S2.